The van der Waals surface area contributed by atoms with Crippen LogP contribution in [0.25, 0.3) is 0 Å². The molecule has 1 amide bonds. The van der Waals surface area contributed by atoms with Crippen LogP contribution in [-0.4, -0.2) is 19.6 Å². The van der Waals surface area contributed by atoms with Gasteiger partial charge in [-0.05, 0) is 36.4 Å². The zero-order valence-electron chi connectivity index (χ0n) is 12.6. The first-order valence-electron chi connectivity index (χ1n) is 6.81. The molecule has 0 aliphatic carbocycles. The zero-order chi connectivity index (χ0) is 15.8. The molecule has 0 spiro atoms. The smallest absolute Gasteiger partial charge is 0.221 e. The van der Waals surface area contributed by atoms with Gasteiger partial charge in [-0.15, -0.1) is 0 Å². The van der Waals surface area contributed by atoms with Crippen molar-refractivity contribution in [2.24, 2.45) is 0 Å². The Labute approximate surface area is 130 Å². The van der Waals surface area contributed by atoms with E-state index in [0.717, 1.165) is 11.3 Å². The lowest BCUT2D eigenvalue weighted by molar-refractivity contribution is -0.114. The summed E-state index contributed by atoms with van der Waals surface area (Å²) >= 11 is 0. The maximum absolute atomic E-state index is 11.1. The highest BCUT2D eigenvalue weighted by atomic mass is 16.5. The first-order valence-corrected chi connectivity index (χ1v) is 6.81. The van der Waals surface area contributed by atoms with E-state index < -0.39 is 0 Å². The van der Waals surface area contributed by atoms with E-state index in [2.05, 4.69) is 17.2 Å². The fraction of sp³-hybridized carbons (Fsp3) is 0.167. The van der Waals surface area contributed by atoms with Crippen molar-refractivity contribution in [3.63, 3.8) is 0 Å². The van der Waals surface area contributed by atoms with Gasteiger partial charge in [-0.3, -0.25) is 4.79 Å². The third-order valence-corrected chi connectivity index (χ3v) is 2.82. The molecule has 4 nitrogen and oxygen atoms in total. The van der Waals surface area contributed by atoms with E-state index in [4.69, 9.17) is 9.47 Å². The van der Waals surface area contributed by atoms with Crippen molar-refractivity contribution in [3.8, 4) is 23.3 Å². The number of rotatable bonds is 4. The summed E-state index contributed by atoms with van der Waals surface area (Å²) < 4.78 is 10.7. The minimum Gasteiger partial charge on any atom is -0.497 e. The minimum absolute atomic E-state index is 0.139. The fourth-order valence-electron chi connectivity index (χ4n) is 1.81. The number of carbonyl (C=O) groups excluding carboxylic acids is 1. The van der Waals surface area contributed by atoms with Crippen LogP contribution in [0, 0.1) is 11.8 Å². The lowest BCUT2D eigenvalue weighted by Crippen LogP contribution is -2.07. The molecule has 22 heavy (non-hydrogen) atoms. The normalized spacial score (nSPS) is 9.36. The number of hydrogen-bond acceptors (Lipinski definition) is 3. The highest BCUT2D eigenvalue weighted by Gasteiger charge is 2.03. The van der Waals surface area contributed by atoms with Crippen molar-refractivity contribution >= 4 is 11.6 Å². The van der Waals surface area contributed by atoms with E-state index in [9.17, 15) is 4.79 Å². The molecule has 4 heteroatoms. The molecule has 0 unspecified atom stereocenters. The molecule has 0 aliphatic heterocycles. The summed E-state index contributed by atoms with van der Waals surface area (Å²) in [6, 6.07) is 14.7. The maximum atomic E-state index is 11.1. The van der Waals surface area contributed by atoms with Crippen LogP contribution in [0.4, 0.5) is 5.69 Å². The summed E-state index contributed by atoms with van der Waals surface area (Å²) in [5.41, 5.74) is 1.53. The van der Waals surface area contributed by atoms with E-state index >= 15 is 0 Å². The SMILES string of the molecule is COc1ccc(C#CCOc2ccccc2NC(C)=O)cc1. The monoisotopic (exact) mass is 295 g/mol. The predicted octanol–water partition coefficient (Wildman–Crippen LogP) is 3.08. The van der Waals surface area contributed by atoms with Crippen molar-refractivity contribution in [2.75, 3.05) is 19.0 Å². The van der Waals surface area contributed by atoms with Crippen LogP contribution >= 0.6 is 0 Å². The molecule has 0 atom stereocenters. The van der Waals surface area contributed by atoms with Gasteiger partial charge in [0.15, 0.2) is 0 Å². The number of benzene rings is 2. The van der Waals surface area contributed by atoms with E-state index in [0.29, 0.717) is 11.4 Å². The molecule has 2 rings (SSSR count). The highest BCUT2D eigenvalue weighted by Crippen LogP contribution is 2.23. The number of methoxy groups -OCH3 is 1. The molecular weight excluding hydrogens is 278 g/mol. The standard InChI is InChI=1S/C18H17NO3/c1-14(20)19-17-7-3-4-8-18(17)22-13-5-6-15-9-11-16(21-2)12-10-15/h3-4,7-12H,13H2,1-2H3,(H,19,20). The van der Waals surface area contributed by atoms with E-state index in [1.165, 1.54) is 6.92 Å². The summed E-state index contributed by atoms with van der Waals surface area (Å²) in [5, 5.41) is 2.72. The van der Waals surface area contributed by atoms with Gasteiger partial charge in [-0.2, -0.15) is 0 Å². The molecule has 2 aromatic carbocycles. The Kier molecular flexibility index (Phi) is 5.44. The second kappa shape index (κ2) is 7.75. The topological polar surface area (TPSA) is 47.6 Å². The molecule has 112 valence electrons. The first-order chi connectivity index (χ1) is 10.7. The molecule has 0 aliphatic rings. The molecule has 0 aromatic heterocycles. The molecule has 0 saturated carbocycles. The van der Waals surface area contributed by atoms with Crippen LogP contribution in [0.3, 0.4) is 0 Å². The third kappa shape index (κ3) is 4.57. The van der Waals surface area contributed by atoms with Crippen LogP contribution in [0.5, 0.6) is 11.5 Å². The Morgan fingerprint density at radius 1 is 1.14 bits per heavy atom. The average molecular weight is 295 g/mol. The number of carbonyl (C=O) groups is 1. The van der Waals surface area contributed by atoms with Crippen LogP contribution < -0.4 is 14.8 Å². The summed E-state index contributed by atoms with van der Waals surface area (Å²) in [7, 11) is 1.63. The highest BCUT2D eigenvalue weighted by molar-refractivity contribution is 5.90. The molecule has 0 fully saturated rings. The summed E-state index contributed by atoms with van der Waals surface area (Å²) in [6.07, 6.45) is 0. The van der Waals surface area contributed by atoms with E-state index in [-0.39, 0.29) is 12.5 Å². The number of para-hydroxylation sites is 2. The molecular formula is C18H17NO3. The lowest BCUT2D eigenvalue weighted by Gasteiger charge is -2.09. The van der Waals surface area contributed by atoms with E-state index in [1.54, 1.807) is 19.2 Å². The maximum Gasteiger partial charge on any atom is 0.221 e. The average Bonchev–Trinajstić information content (AvgIpc) is 2.53. The fourth-order valence-corrected chi connectivity index (χ4v) is 1.81. The Balaban J connectivity index is 1.96. The van der Waals surface area contributed by atoms with Crippen LogP contribution in [0.1, 0.15) is 12.5 Å². The Hall–Kier alpha value is -2.93. The summed E-state index contributed by atoms with van der Waals surface area (Å²) in [6.45, 7) is 1.70. The predicted molar refractivity (Wildman–Crippen MR) is 86.1 cm³/mol. The minimum atomic E-state index is -0.139. The summed E-state index contributed by atoms with van der Waals surface area (Å²) in [4.78, 5) is 11.1. The van der Waals surface area contributed by atoms with Crippen LogP contribution in [0.2, 0.25) is 0 Å². The van der Waals surface area contributed by atoms with Gasteiger partial charge in [-0.1, -0.05) is 24.0 Å². The van der Waals surface area contributed by atoms with Crippen LogP contribution in [0.15, 0.2) is 48.5 Å². The van der Waals surface area contributed by atoms with E-state index in [1.807, 2.05) is 36.4 Å². The number of ether oxygens (including phenoxy) is 2. The second-order valence-corrected chi connectivity index (χ2v) is 4.50. The molecule has 0 heterocycles. The van der Waals surface area contributed by atoms with Gasteiger partial charge in [0, 0.05) is 12.5 Å². The second-order valence-electron chi connectivity index (χ2n) is 4.50. The Bertz CT molecular complexity index is 696. The third-order valence-electron chi connectivity index (χ3n) is 2.82. The van der Waals surface area contributed by atoms with Crippen LogP contribution in [-0.2, 0) is 4.79 Å². The lowest BCUT2D eigenvalue weighted by atomic mass is 10.2. The number of anilines is 1. The van der Waals surface area contributed by atoms with Gasteiger partial charge in [-0.25, -0.2) is 0 Å². The van der Waals surface area contributed by atoms with Gasteiger partial charge in [0.25, 0.3) is 0 Å². The zero-order valence-corrected chi connectivity index (χ0v) is 12.6. The quantitative estimate of drug-likeness (QED) is 0.882. The molecule has 2 aromatic rings. The number of nitrogens with one attached hydrogen (secondary N) is 1. The molecule has 0 saturated heterocycles. The van der Waals surface area contributed by atoms with Crippen molar-refractivity contribution in [1.82, 2.24) is 0 Å². The van der Waals surface area contributed by atoms with Crippen molar-refractivity contribution in [2.45, 2.75) is 6.92 Å². The van der Waals surface area contributed by atoms with Crippen molar-refractivity contribution < 1.29 is 14.3 Å². The number of hydrogen-bond donors (Lipinski definition) is 1. The molecule has 0 radical (unpaired) electrons. The number of amides is 1. The van der Waals surface area contributed by atoms with Crippen molar-refractivity contribution in [1.29, 1.82) is 0 Å². The van der Waals surface area contributed by atoms with Gasteiger partial charge in [0.2, 0.25) is 5.91 Å². The largest absolute Gasteiger partial charge is 0.497 e. The van der Waals surface area contributed by atoms with Gasteiger partial charge in [0.1, 0.15) is 18.1 Å². The molecule has 1 N–H and O–H groups in total. The van der Waals surface area contributed by atoms with Gasteiger partial charge >= 0.3 is 0 Å². The van der Waals surface area contributed by atoms with Crippen molar-refractivity contribution in [3.05, 3.63) is 54.1 Å². The molecule has 0 bridgehead atoms. The van der Waals surface area contributed by atoms with Gasteiger partial charge in [0.05, 0.1) is 12.8 Å². The Morgan fingerprint density at radius 3 is 2.55 bits per heavy atom. The summed E-state index contributed by atoms with van der Waals surface area (Å²) in [5.74, 6) is 7.21. The Morgan fingerprint density at radius 2 is 1.86 bits per heavy atom. The van der Waals surface area contributed by atoms with Gasteiger partial charge < -0.3 is 14.8 Å². The first kappa shape index (κ1) is 15.5.